The van der Waals surface area contributed by atoms with E-state index in [1.807, 2.05) is 16.3 Å². The summed E-state index contributed by atoms with van der Waals surface area (Å²) in [6.45, 7) is 5.50. The zero-order valence-electron chi connectivity index (χ0n) is 13.9. The van der Waals surface area contributed by atoms with E-state index in [4.69, 9.17) is 0 Å². The molecule has 0 aromatic carbocycles. The van der Waals surface area contributed by atoms with Crippen LogP contribution in [0.3, 0.4) is 0 Å². The number of thiophene rings is 1. The van der Waals surface area contributed by atoms with Crippen molar-refractivity contribution in [2.75, 3.05) is 19.6 Å². The minimum Gasteiger partial charge on any atom is -0.334 e. The van der Waals surface area contributed by atoms with Crippen molar-refractivity contribution in [2.45, 2.75) is 38.8 Å². The summed E-state index contributed by atoms with van der Waals surface area (Å²) in [5.74, 6) is 0.0104. The highest BCUT2D eigenvalue weighted by Crippen LogP contribution is 2.16. The Morgan fingerprint density at radius 1 is 1.46 bits per heavy atom. The molecule has 1 saturated heterocycles. The summed E-state index contributed by atoms with van der Waals surface area (Å²) in [4.78, 5) is 16.0. The van der Waals surface area contributed by atoms with Gasteiger partial charge in [-0.25, -0.2) is 4.68 Å². The maximum absolute atomic E-state index is 12.8. The van der Waals surface area contributed by atoms with E-state index in [2.05, 4.69) is 28.6 Å². The molecule has 2 aromatic heterocycles. The molecule has 8 heteroatoms. The molecule has 1 N–H and O–H groups in total. The Labute approximate surface area is 152 Å². The molecule has 1 aliphatic heterocycles. The Morgan fingerprint density at radius 2 is 2.25 bits per heavy atom. The number of aromatic nitrogens is 3. The van der Waals surface area contributed by atoms with Crippen LogP contribution in [0, 0.1) is 0 Å². The molecule has 1 fully saturated rings. The van der Waals surface area contributed by atoms with Gasteiger partial charge >= 0.3 is 0 Å². The van der Waals surface area contributed by atoms with Gasteiger partial charge in [-0.3, -0.25) is 4.79 Å². The lowest BCUT2D eigenvalue weighted by Gasteiger charge is -2.34. The van der Waals surface area contributed by atoms with Crippen molar-refractivity contribution >= 4 is 29.7 Å². The molecule has 132 valence electrons. The van der Waals surface area contributed by atoms with E-state index < -0.39 is 0 Å². The molecule has 0 spiro atoms. The van der Waals surface area contributed by atoms with Crippen LogP contribution in [-0.4, -0.2) is 51.5 Å². The highest BCUT2D eigenvalue weighted by Gasteiger charge is 2.27. The van der Waals surface area contributed by atoms with Crippen molar-refractivity contribution < 1.29 is 4.79 Å². The molecule has 1 amide bonds. The molecule has 3 rings (SSSR count). The van der Waals surface area contributed by atoms with Gasteiger partial charge in [0.15, 0.2) is 5.69 Å². The average Bonchev–Trinajstić information content (AvgIpc) is 3.25. The van der Waals surface area contributed by atoms with E-state index in [-0.39, 0.29) is 18.3 Å². The van der Waals surface area contributed by atoms with Gasteiger partial charge in [0.2, 0.25) is 0 Å². The van der Waals surface area contributed by atoms with E-state index in [9.17, 15) is 4.79 Å². The van der Waals surface area contributed by atoms with Gasteiger partial charge in [0, 0.05) is 17.5 Å². The number of halogens is 1. The van der Waals surface area contributed by atoms with Crippen molar-refractivity contribution in [3.8, 4) is 0 Å². The summed E-state index contributed by atoms with van der Waals surface area (Å²) in [6, 6.07) is 4.39. The van der Waals surface area contributed by atoms with Gasteiger partial charge < -0.3 is 10.2 Å². The van der Waals surface area contributed by atoms with E-state index in [0.29, 0.717) is 18.3 Å². The maximum Gasteiger partial charge on any atom is 0.276 e. The fourth-order valence-corrected chi connectivity index (χ4v) is 3.69. The molecule has 24 heavy (non-hydrogen) atoms. The predicted octanol–water partition coefficient (Wildman–Crippen LogP) is 2.41. The normalized spacial score (nSPS) is 15.0. The standard InChI is InChI=1S/C16H23N5OS.ClH/c1-2-9-21(13-5-7-17-8-6-13)16(22)15-12-20(19-18-15)11-14-4-3-10-23-14;/h3-4,10,12-13,17H,2,5-9,11H2,1H3;1H. The first-order valence-electron chi connectivity index (χ1n) is 8.22. The Balaban J connectivity index is 0.00000208. The molecule has 2 aromatic rings. The zero-order valence-corrected chi connectivity index (χ0v) is 15.5. The molecule has 3 heterocycles. The fourth-order valence-electron chi connectivity index (χ4n) is 2.99. The summed E-state index contributed by atoms with van der Waals surface area (Å²) in [5, 5.41) is 13.6. The first-order chi connectivity index (χ1) is 11.3. The summed E-state index contributed by atoms with van der Waals surface area (Å²) in [7, 11) is 0. The van der Waals surface area contributed by atoms with Crippen LogP contribution in [0.15, 0.2) is 23.7 Å². The van der Waals surface area contributed by atoms with Gasteiger partial charge in [0.1, 0.15) is 0 Å². The van der Waals surface area contributed by atoms with Crippen molar-refractivity contribution in [1.82, 2.24) is 25.2 Å². The van der Waals surface area contributed by atoms with Crippen molar-refractivity contribution in [2.24, 2.45) is 0 Å². The molecular weight excluding hydrogens is 346 g/mol. The van der Waals surface area contributed by atoms with Crippen LogP contribution < -0.4 is 5.32 Å². The third kappa shape index (κ3) is 4.55. The van der Waals surface area contributed by atoms with E-state index in [1.165, 1.54) is 4.88 Å². The van der Waals surface area contributed by atoms with Gasteiger partial charge in [0.25, 0.3) is 5.91 Å². The SMILES string of the molecule is CCCN(C(=O)c1cn(Cc2cccs2)nn1)C1CCNCC1.Cl. The molecule has 1 aliphatic rings. The molecule has 0 atom stereocenters. The largest absolute Gasteiger partial charge is 0.334 e. The van der Waals surface area contributed by atoms with E-state index >= 15 is 0 Å². The highest BCUT2D eigenvalue weighted by molar-refractivity contribution is 7.09. The smallest absolute Gasteiger partial charge is 0.276 e. The summed E-state index contributed by atoms with van der Waals surface area (Å²) in [6.07, 6.45) is 4.74. The lowest BCUT2D eigenvalue weighted by Crippen LogP contribution is -2.46. The number of rotatable bonds is 6. The molecule has 6 nitrogen and oxygen atoms in total. The molecule has 0 unspecified atom stereocenters. The first-order valence-corrected chi connectivity index (χ1v) is 9.10. The summed E-state index contributed by atoms with van der Waals surface area (Å²) in [5.41, 5.74) is 0.452. The van der Waals surface area contributed by atoms with E-state index in [0.717, 1.165) is 38.9 Å². The van der Waals surface area contributed by atoms with Crippen LogP contribution in [0.25, 0.3) is 0 Å². The summed E-state index contributed by atoms with van der Waals surface area (Å²) < 4.78 is 1.74. The minimum absolute atomic E-state index is 0. The van der Waals surface area contributed by atoms with Gasteiger partial charge in [-0.05, 0) is 43.8 Å². The lowest BCUT2D eigenvalue weighted by molar-refractivity contribution is 0.0636. The third-order valence-electron chi connectivity index (χ3n) is 4.13. The quantitative estimate of drug-likeness (QED) is 0.849. The molecule has 0 bridgehead atoms. The number of nitrogens with one attached hydrogen (secondary N) is 1. The average molecular weight is 370 g/mol. The number of hydrogen-bond acceptors (Lipinski definition) is 5. The number of hydrogen-bond donors (Lipinski definition) is 1. The number of amides is 1. The molecular formula is C16H24ClN5OS. The Kier molecular flexibility index (Phi) is 7.20. The van der Waals surface area contributed by atoms with Crippen LogP contribution in [0.1, 0.15) is 41.6 Å². The number of nitrogens with zero attached hydrogens (tertiary/aromatic N) is 4. The molecule has 0 radical (unpaired) electrons. The third-order valence-corrected chi connectivity index (χ3v) is 4.99. The number of piperidine rings is 1. The maximum atomic E-state index is 12.8. The lowest BCUT2D eigenvalue weighted by atomic mass is 10.0. The summed E-state index contributed by atoms with van der Waals surface area (Å²) >= 11 is 1.68. The Hall–Kier alpha value is -1.44. The van der Waals surface area contributed by atoms with Crippen molar-refractivity contribution in [3.63, 3.8) is 0 Å². The van der Waals surface area contributed by atoms with Crippen LogP contribution >= 0.6 is 23.7 Å². The second-order valence-electron chi connectivity index (χ2n) is 5.86. The van der Waals surface area contributed by atoms with Crippen molar-refractivity contribution in [1.29, 1.82) is 0 Å². The van der Waals surface area contributed by atoms with Gasteiger partial charge in [-0.1, -0.05) is 18.2 Å². The van der Waals surface area contributed by atoms with Gasteiger partial charge in [0.05, 0.1) is 12.7 Å². The second kappa shape index (κ2) is 9.15. The first kappa shape index (κ1) is 18.9. The second-order valence-corrected chi connectivity index (χ2v) is 6.89. The van der Waals surface area contributed by atoms with Crippen LogP contribution in [-0.2, 0) is 6.54 Å². The zero-order chi connectivity index (χ0) is 16.1. The monoisotopic (exact) mass is 369 g/mol. The van der Waals surface area contributed by atoms with Gasteiger partial charge in [-0.2, -0.15) is 0 Å². The van der Waals surface area contributed by atoms with Crippen LogP contribution in [0.2, 0.25) is 0 Å². The number of carbonyl (C=O) groups is 1. The van der Waals surface area contributed by atoms with E-state index in [1.54, 1.807) is 22.2 Å². The fraction of sp³-hybridized carbons (Fsp3) is 0.562. The topological polar surface area (TPSA) is 63.1 Å². The van der Waals surface area contributed by atoms with Crippen LogP contribution in [0.4, 0.5) is 0 Å². The van der Waals surface area contributed by atoms with Crippen LogP contribution in [0.5, 0.6) is 0 Å². The minimum atomic E-state index is 0. The Bertz CT molecular complexity index is 624. The van der Waals surface area contributed by atoms with Gasteiger partial charge in [-0.15, -0.1) is 28.8 Å². The van der Waals surface area contributed by atoms with Crippen molar-refractivity contribution in [3.05, 3.63) is 34.3 Å². The predicted molar refractivity (Wildman–Crippen MR) is 97.9 cm³/mol. The number of carbonyl (C=O) groups excluding carboxylic acids is 1. The Morgan fingerprint density at radius 3 is 2.92 bits per heavy atom. The highest BCUT2D eigenvalue weighted by atomic mass is 35.5. The molecule has 0 aliphatic carbocycles. The molecule has 0 saturated carbocycles.